The van der Waals surface area contributed by atoms with E-state index < -0.39 is 18.8 Å². The average molecular weight is 281 g/mol. The molecular formula is C12H22F3N3O. The molecule has 2 unspecified atom stereocenters. The fourth-order valence-electron chi connectivity index (χ4n) is 2.33. The van der Waals surface area contributed by atoms with Crippen LogP contribution in [0.25, 0.3) is 0 Å². The van der Waals surface area contributed by atoms with Crippen LogP contribution in [-0.2, 0) is 4.79 Å². The maximum Gasteiger partial charge on any atom is 0.401 e. The summed E-state index contributed by atoms with van der Waals surface area (Å²) in [6.45, 7) is 3.60. The Hall–Kier alpha value is -0.820. The molecular weight excluding hydrogens is 259 g/mol. The maximum absolute atomic E-state index is 12.4. The number of carbonyl (C=O) groups excluding carboxylic acids is 1. The van der Waals surface area contributed by atoms with Crippen molar-refractivity contribution in [2.24, 2.45) is 5.73 Å². The fourth-order valence-corrected chi connectivity index (χ4v) is 2.33. The summed E-state index contributed by atoms with van der Waals surface area (Å²) in [4.78, 5) is 14.9. The second-order valence-corrected chi connectivity index (χ2v) is 5.11. The van der Waals surface area contributed by atoms with E-state index in [-0.39, 0.29) is 18.5 Å². The number of rotatable bonds is 4. The van der Waals surface area contributed by atoms with Crippen molar-refractivity contribution in [3.8, 4) is 0 Å². The van der Waals surface area contributed by atoms with Crippen LogP contribution < -0.4 is 5.73 Å². The summed E-state index contributed by atoms with van der Waals surface area (Å²) in [5, 5.41) is 0. The Bertz CT molecular complexity index is 309. The van der Waals surface area contributed by atoms with Gasteiger partial charge in [0, 0.05) is 25.7 Å². The number of carbonyl (C=O) groups is 1. The molecule has 0 aromatic carbocycles. The van der Waals surface area contributed by atoms with Crippen molar-refractivity contribution in [1.82, 2.24) is 9.80 Å². The summed E-state index contributed by atoms with van der Waals surface area (Å²) in [6.07, 6.45) is -2.77. The van der Waals surface area contributed by atoms with Crippen LogP contribution in [0.2, 0.25) is 0 Å². The van der Waals surface area contributed by atoms with Crippen LogP contribution in [0.3, 0.4) is 0 Å². The predicted molar refractivity (Wildman–Crippen MR) is 66.6 cm³/mol. The molecule has 1 aliphatic heterocycles. The van der Waals surface area contributed by atoms with Crippen molar-refractivity contribution >= 4 is 5.91 Å². The molecule has 0 aliphatic carbocycles. The van der Waals surface area contributed by atoms with E-state index in [1.807, 2.05) is 6.92 Å². The van der Waals surface area contributed by atoms with Crippen molar-refractivity contribution in [3.63, 3.8) is 0 Å². The van der Waals surface area contributed by atoms with Gasteiger partial charge in [-0.05, 0) is 13.3 Å². The summed E-state index contributed by atoms with van der Waals surface area (Å²) < 4.78 is 37.1. The van der Waals surface area contributed by atoms with Crippen molar-refractivity contribution in [2.45, 2.75) is 44.9 Å². The Morgan fingerprint density at radius 2 is 2.05 bits per heavy atom. The third kappa shape index (κ3) is 4.99. The first-order valence-electron chi connectivity index (χ1n) is 6.59. The third-order valence-electron chi connectivity index (χ3n) is 3.38. The number of nitrogens with two attached hydrogens (primary N) is 1. The van der Waals surface area contributed by atoms with Crippen LogP contribution in [0.15, 0.2) is 0 Å². The second kappa shape index (κ2) is 6.56. The Morgan fingerprint density at radius 1 is 1.42 bits per heavy atom. The van der Waals surface area contributed by atoms with Crippen LogP contribution in [0.4, 0.5) is 13.2 Å². The number of alkyl halides is 3. The molecule has 1 heterocycles. The molecule has 0 aromatic rings. The van der Waals surface area contributed by atoms with E-state index in [0.717, 1.165) is 6.42 Å². The number of piperazine rings is 1. The standard InChI is InChI=1S/C12H22F3N3O/c1-3-4-10(16)11(19)17-5-6-18(9(2)7-17)8-12(13,14)15/h9-10H,3-8,16H2,1-2H3. The van der Waals surface area contributed by atoms with E-state index in [0.29, 0.717) is 19.5 Å². The highest BCUT2D eigenvalue weighted by molar-refractivity contribution is 5.81. The lowest BCUT2D eigenvalue weighted by Crippen LogP contribution is -2.58. The zero-order valence-electron chi connectivity index (χ0n) is 11.4. The quantitative estimate of drug-likeness (QED) is 0.842. The van der Waals surface area contributed by atoms with Crippen LogP contribution in [0.5, 0.6) is 0 Å². The summed E-state index contributed by atoms with van der Waals surface area (Å²) >= 11 is 0. The molecule has 0 spiro atoms. The topological polar surface area (TPSA) is 49.6 Å². The van der Waals surface area contributed by atoms with E-state index in [9.17, 15) is 18.0 Å². The molecule has 0 radical (unpaired) electrons. The van der Waals surface area contributed by atoms with E-state index in [2.05, 4.69) is 0 Å². The molecule has 1 fully saturated rings. The molecule has 0 aromatic heterocycles. The highest BCUT2D eigenvalue weighted by Crippen LogP contribution is 2.20. The predicted octanol–water partition coefficient (Wildman–Crippen LogP) is 1.21. The van der Waals surface area contributed by atoms with Gasteiger partial charge in [-0.1, -0.05) is 13.3 Å². The molecule has 2 atom stereocenters. The molecule has 19 heavy (non-hydrogen) atoms. The van der Waals surface area contributed by atoms with Crippen molar-refractivity contribution in [1.29, 1.82) is 0 Å². The van der Waals surface area contributed by atoms with Crippen LogP contribution in [0.1, 0.15) is 26.7 Å². The van der Waals surface area contributed by atoms with Crippen molar-refractivity contribution in [2.75, 3.05) is 26.2 Å². The van der Waals surface area contributed by atoms with Gasteiger partial charge in [0.25, 0.3) is 0 Å². The third-order valence-corrected chi connectivity index (χ3v) is 3.38. The van der Waals surface area contributed by atoms with Gasteiger partial charge in [-0.3, -0.25) is 9.69 Å². The molecule has 1 aliphatic rings. The molecule has 7 heteroatoms. The molecule has 0 saturated carbocycles. The Morgan fingerprint density at radius 3 is 2.53 bits per heavy atom. The lowest BCUT2D eigenvalue weighted by molar-refractivity contribution is -0.157. The highest BCUT2D eigenvalue weighted by atomic mass is 19.4. The normalized spacial score (nSPS) is 23.5. The summed E-state index contributed by atoms with van der Waals surface area (Å²) in [5.41, 5.74) is 5.76. The molecule has 4 nitrogen and oxygen atoms in total. The number of hydrogen-bond acceptors (Lipinski definition) is 3. The SMILES string of the molecule is CCCC(N)C(=O)N1CCN(CC(F)(F)F)C(C)C1. The average Bonchev–Trinajstić information content (AvgIpc) is 2.29. The summed E-state index contributed by atoms with van der Waals surface area (Å²) in [5.74, 6) is -0.152. The Kier molecular flexibility index (Phi) is 5.61. The number of halogens is 3. The van der Waals surface area contributed by atoms with Gasteiger partial charge in [0.05, 0.1) is 12.6 Å². The van der Waals surface area contributed by atoms with E-state index in [1.165, 1.54) is 4.90 Å². The van der Waals surface area contributed by atoms with Gasteiger partial charge < -0.3 is 10.6 Å². The Labute approximate surface area is 111 Å². The minimum Gasteiger partial charge on any atom is -0.339 e. The van der Waals surface area contributed by atoms with Crippen LogP contribution >= 0.6 is 0 Å². The molecule has 0 bridgehead atoms. The zero-order chi connectivity index (χ0) is 14.6. The van der Waals surface area contributed by atoms with Gasteiger partial charge in [-0.2, -0.15) is 13.2 Å². The molecule has 1 saturated heterocycles. The Balaban J connectivity index is 2.51. The van der Waals surface area contributed by atoms with Gasteiger partial charge in [0.15, 0.2) is 0 Å². The van der Waals surface area contributed by atoms with E-state index in [1.54, 1.807) is 11.8 Å². The van der Waals surface area contributed by atoms with E-state index in [4.69, 9.17) is 5.73 Å². The van der Waals surface area contributed by atoms with Crippen LogP contribution in [-0.4, -0.2) is 60.1 Å². The van der Waals surface area contributed by atoms with Gasteiger partial charge in [-0.15, -0.1) is 0 Å². The van der Waals surface area contributed by atoms with Crippen molar-refractivity contribution < 1.29 is 18.0 Å². The molecule has 1 amide bonds. The van der Waals surface area contributed by atoms with Gasteiger partial charge in [0.1, 0.15) is 0 Å². The minimum absolute atomic E-state index is 0.152. The monoisotopic (exact) mass is 281 g/mol. The molecule has 112 valence electrons. The largest absolute Gasteiger partial charge is 0.401 e. The first kappa shape index (κ1) is 16.2. The zero-order valence-corrected chi connectivity index (χ0v) is 11.4. The maximum atomic E-state index is 12.4. The van der Waals surface area contributed by atoms with Gasteiger partial charge in [0.2, 0.25) is 5.91 Å². The van der Waals surface area contributed by atoms with Gasteiger partial charge in [-0.25, -0.2) is 0 Å². The van der Waals surface area contributed by atoms with Gasteiger partial charge >= 0.3 is 6.18 Å². The second-order valence-electron chi connectivity index (χ2n) is 5.11. The smallest absolute Gasteiger partial charge is 0.339 e. The van der Waals surface area contributed by atoms with Crippen molar-refractivity contribution in [3.05, 3.63) is 0 Å². The first-order valence-corrected chi connectivity index (χ1v) is 6.59. The lowest BCUT2D eigenvalue weighted by Gasteiger charge is -2.40. The fraction of sp³-hybridized carbons (Fsp3) is 0.917. The summed E-state index contributed by atoms with van der Waals surface area (Å²) in [6, 6.07) is -0.834. The number of nitrogens with zero attached hydrogens (tertiary/aromatic N) is 2. The summed E-state index contributed by atoms with van der Waals surface area (Å²) in [7, 11) is 0. The van der Waals surface area contributed by atoms with E-state index >= 15 is 0 Å². The molecule has 1 rings (SSSR count). The first-order chi connectivity index (χ1) is 8.74. The molecule has 2 N–H and O–H groups in total. The number of hydrogen-bond donors (Lipinski definition) is 1. The lowest BCUT2D eigenvalue weighted by atomic mass is 10.1. The number of amides is 1. The minimum atomic E-state index is -4.20. The highest BCUT2D eigenvalue weighted by Gasteiger charge is 2.36. The van der Waals surface area contributed by atoms with Crippen LogP contribution in [0, 0.1) is 0 Å².